The van der Waals surface area contributed by atoms with Gasteiger partial charge in [0, 0.05) is 36.3 Å². The lowest BCUT2D eigenvalue weighted by Gasteiger charge is -2.14. The van der Waals surface area contributed by atoms with Gasteiger partial charge in [-0.25, -0.2) is 9.97 Å². The largest absolute Gasteiger partial charge is 0.467 e. The normalized spacial score (nSPS) is 10.9. The fourth-order valence-corrected chi connectivity index (χ4v) is 1.98. The standard InChI is InChI=1S/C13H19N5O/c1-4-5-18(2)9-11-8-16-17-12(11)10-6-14-13(19-3)15-7-10/h6-8H,4-5,9H2,1-3H3,(H,16,17). The Hall–Kier alpha value is -1.95. The van der Waals surface area contributed by atoms with Crippen LogP contribution in [0.25, 0.3) is 11.3 Å². The Morgan fingerprint density at radius 3 is 2.68 bits per heavy atom. The molecule has 0 aromatic carbocycles. The minimum Gasteiger partial charge on any atom is -0.467 e. The molecule has 19 heavy (non-hydrogen) atoms. The molecule has 6 nitrogen and oxygen atoms in total. The minimum absolute atomic E-state index is 0.365. The zero-order valence-corrected chi connectivity index (χ0v) is 11.6. The number of aromatic nitrogens is 4. The average molecular weight is 261 g/mol. The molecular weight excluding hydrogens is 242 g/mol. The maximum absolute atomic E-state index is 4.95. The Bertz CT molecular complexity index is 508. The maximum atomic E-state index is 4.95. The number of ether oxygens (including phenoxy) is 1. The van der Waals surface area contributed by atoms with E-state index in [2.05, 4.69) is 39.0 Å². The summed E-state index contributed by atoms with van der Waals surface area (Å²) in [6.07, 6.45) is 6.51. The Morgan fingerprint density at radius 2 is 2.05 bits per heavy atom. The summed E-state index contributed by atoms with van der Waals surface area (Å²) in [6, 6.07) is 0.365. The first-order valence-corrected chi connectivity index (χ1v) is 6.32. The molecule has 2 heterocycles. The Labute approximate surface area is 112 Å². The third-order valence-electron chi connectivity index (χ3n) is 2.85. The second-order valence-electron chi connectivity index (χ2n) is 4.46. The number of nitrogens with zero attached hydrogens (tertiary/aromatic N) is 4. The zero-order chi connectivity index (χ0) is 13.7. The molecule has 102 valence electrons. The van der Waals surface area contributed by atoms with E-state index < -0.39 is 0 Å². The molecule has 0 bridgehead atoms. The molecule has 0 amide bonds. The second-order valence-corrected chi connectivity index (χ2v) is 4.46. The Morgan fingerprint density at radius 1 is 1.32 bits per heavy atom. The number of methoxy groups -OCH3 is 1. The average Bonchev–Trinajstić information content (AvgIpc) is 2.87. The van der Waals surface area contributed by atoms with E-state index in [4.69, 9.17) is 4.74 Å². The van der Waals surface area contributed by atoms with Gasteiger partial charge in [-0.3, -0.25) is 5.10 Å². The van der Waals surface area contributed by atoms with E-state index in [1.54, 1.807) is 19.5 Å². The highest BCUT2D eigenvalue weighted by Gasteiger charge is 2.11. The number of aromatic amines is 1. The van der Waals surface area contributed by atoms with Crippen LogP contribution >= 0.6 is 0 Å². The lowest BCUT2D eigenvalue weighted by Crippen LogP contribution is -2.18. The maximum Gasteiger partial charge on any atom is 0.316 e. The molecule has 2 aromatic heterocycles. The van der Waals surface area contributed by atoms with Crippen molar-refractivity contribution >= 4 is 0 Å². The van der Waals surface area contributed by atoms with E-state index in [1.807, 2.05) is 6.20 Å². The molecule has 0 aliphatic heterocycles. The molecular formula is C13H19N5O. The number of hydrogen-bond acceptors (Lipinski definition) is 5. The monoisotopic (exact) mass is 261 g/mol. The molecule has 2 rings (SSSR count). The van der Waals surface area contributed by atoms with Crippen molar-refractivity contribution in [1.29, 1.82) is 0 Å². The Kier molecular flexibility index (Phi) is 4.46. The molecule has 0 aliphatic rings. The molecule has 0 atom stereocenters. The molecule has 2 aromatic rings. The van der Waals surface area contributed by atoms with Gasteiger partial charge in [0.05, 0.1) is 12.8 Å². The van der Waals surface area contributed by atoms with Crippen molar-refractivity contribution in [1.82, 2.24) is 25.1 Å². The van der Waals surface area contributed by atoms with Gasteiger partial charge in [-0.2, -0.15) is 5.10 Å². The zero-order valence-electron chi connectivity index (χ0n) is 11.6. The van der Waals surface area contributed by atoms with Gasteiger partial charge in [-0.1, -0.05) is 6.92 Å². The summed E-state index contributed by atoms with van der Waals surface area (Å²) in [7, 11) is 3.65. The van der Waals surface area contributed by atoms with Crippen LogP contribution in [-0.4, -0.2) is 45.8 Å². The van der Waals surface area contributed by atoms with Crippen molar-refractivity contribution in [3.63, 3.8) is 0 Å². The fourth-order valence-electron chi connectivity index (χ4n) is 1.98. The number of rotatable bonds is 6. The molecule has 0 saturated heterocycles. The van der Waals surface area contributed by atoms with Gasteiger partial charge in [-0.15, -0.1) is 0 Å². The van der Waals surface area contributed by atoms with E-state index >= 15 is 0 Å². The fraction of sp³-hybridized carbons (Fsp3) is 0.462. The first kappa shape index (κ1) is 13.5. The summed E-state index contributed by atoms with van der Waals surface area (Å²) in [5, 5.41) is 7.19. The minimum atomic E-state index is 0.365. The van der Waals surface area contributed by atoms with Crippen LogP contribution in [0.4, 0.5) is 0 Å². The van der Waals surface area contributed by atoms with Crippen LogP contribution in [0.2, 0.25) is 0 Å². The Balaban J connectivity index is 2.18. The van der Waals surface area contributed by atoms with Crippen LogP contribution < -0.4 is 4.74 Å². The van der Waals surface area contributed by atoms with Crippen molar-refractivity contribution in [2.75, 3.05) is 20.7 Å². The number of nitrogens with one attached hydrogen (secondary N) is 1. The van der Waals surface area contributed by atoms with Gasteiger partial charge >= 0.3 is 6.01 Å². The number of H-pyrrole nitrogens is 1. The van der Waals surface area contributed by atoms with Gasteiger partial charge in [-0.05, 0) is 20.0 Å². The summed E-state index contributed by atoms with van der Waals surface area (Å²) in [6.45, 7) is 4.08. The van der Waals surface area contributed by atoms with Crippen LogP contribution in [0, 0.1) is 0 Å². The van der Waals surface area contributed by atoms with Crippen LogP contribution in [0.15, 0.2) is 18.6 Å². The molecule has 1 N–H and O–H groups in total. The summed E-state index contributed by atoms with van der Waals surface area (Å²) in [4.78, 5) is 10.5. The van der Waals surface area contributed by atoms with Gasteiger partial charge < -0.3 is 9.64 Å². The van der Waals surface area contributed by atoms with Crippen molar-refractivity contribution in [2.24, 2.45) is 0 Å². The highest BCUT2D eigenvalue weighted by molar-refractivity contribution is 5.60. The van der Waals surface area contributed by atoms with E-state index in [0.29, 0.717) is 6.01 Å². The third kappa shape index (κ3) is 3.29. The molecule has 0 aliphatic carbocycles. The number of hydrogen-bond donors (Lipinski definition) is 1. The predicted octanol–water partition coefficient (Wildman–Crippen LogP) is 1.72. The third-order valence-corrected chi connectivity index (χ3v) is 2.85. The predicted molar refractivity (Wildman–Crippen MR) is 72.8 cm³/mol. The summed E-state index contributed by atoms with van der Waals surface area (Å²) >= 11 is 0. The summed E-state index contributed by atoms with van der Waals surface area (Å²) in [5.74, 6) is 0. The van der Waals surface area contributed by atoms with Crippen molar-refractivity contribution in [3.8, 4) is 17.3 Å². The molecule has 0 saturated carbocycles. The first-order chi connectivity index (χ1) is 9.24. The second kappa shape index (κ2) is 6.29. The van der Waals surface area contributed by atoms with Gasteiger partial charge in [0.25, 0.3) is 0 Å². The smallest absolute Gasteiger partial charge is 0.316 e. The van der Waals surface area contributed by atoms with Gasteiger partial charge in [0.1, 0.15) is 0 Å². The van der Waals surface area contributed by atoms with Crippen molar-refractivity contribution < 1.29 is 4.74 Å². The molecule has 0 spiro atoms. The quantitative estimate of drug-likeness (QED) is 0.857. The highest BCUT2D eigenvalue weighted by Crippen LogP contribution is 2.21. The lowest BCUT2D eigenvalue weighted by molar-refractivity contribution is 0.328. The van der Waals surface area contributed by atoms with Gasteiger partial charge in [0.15, 0.2) is 0 Å². The van der Waals surface area contributed by atoms with Crippen LogP contribution in [-0.2, 0) is 6.54 Å². The van der Waals surface area contributed by atoms with Crippen molar-refractivity contribution in [2.45, 2.75) is 19.9 Å². The van der Waals surface area contributed by atoms with Crippen LogP contribution in [0.5, 0.6) is 6.01 Å². The SMILES string of the molecule is CCCN(C)Cc1c[nH]nc1-c1cnc(OC)nc1. The van der Waals surface area contributed by atoms with Crippen LogP contribution in [0.3, 0.4) is 0 Å². The van der Waals surface area contributed by atoms with E-state index in [9.17, 15) is 0 Å². The van der Waals surface area contributed by atoms with E-state index in [-0.39, 0.29) is 0 Å². The molecule has 0 unspecified atom stereocenters. The summed E-state index contributed by atoms with van der Waals surface area (Å²) < 4.78 is 4.95. The van der Waals surface area contributed by atoms with Crippen LogP contribution in [0.1, 0.15) is 18.9 Å². The first-order valence-electron chi connectivity index (χ1n) is 6.32. The van der Waals surface area contributed by atoms with Gasteiger partial charge in [0.2, 0.25) is 0 Å². The molecule has 0 radical (unpaired) electrons. The highest BCUT2D eigenvalue weighted by atomic mass is 16.5. The van der Waals surface area contributed by atoms with E-state index in [1.165, 1.54) is 0 Å². The lowest BCUT2D eigenvalue weighted by atomic mass is 10.1. The van der Waals surface area contributed by atoms with E-state index in [0.717, 1.165) is 36.3 Å². The molecule has 6 heteroatoms. The van der Waals surface area contributed by atoms with Crippen molar-refractivity contribution in [3.05, 3.63) is 24.2 Å². The molecule has 0 fully saturated rings. The topological polar surface area (TPSA) is 66.9 Å². The summed E-state index contributed by atoms with van der Waals surface area (Å²) in [5.41, 5.74) is 2.93.